The van der Waals surface area contributed by atoms with E-state index in [0.717, 1.165) is 0 Å². The van der Waals surface area contributed by atoms with E-state index in [2.05, 4.69) is 85.1 Å². The molecule has 2 aromatic heterocycles. The highest BCUT2D eigenvalue weighted by Crippen LogP contribution is 2.56. The molecule has 0 saturated carbocycles. The lowest BCUT2D eigenvalue weighted by Gasteiger charge is -2.39. The smallest absolute Gasteiger partial charge is 0.118 e. The normalized spacial score (nSPS) is 13.8. The number of benzene rings is 1. The maximum absolute atomic E-state index is 6.61. The summed E-state index contributed by atoms with van der Waals surface area (Å²) in [4.78, 5) is 5.95. The van der Waals surface area contributed by atoms with Crippen LogP contribution in [0.2, 0.25) is 31.7 Å². The second kappa shape index (κ2) is 8.99. The average molecular weight is 511 g/mol. The van der Waals surface area contributed by atoms with Gasteiger partial charge in [0.15, 0.2) is 0 Å². The Balaban J connectivity index is 2.05. The first kappa shape index (κ1) is 24.7. The van der Waals surface area contributed by atoms with Crippen LogP contribution in [0.4, 0.5) is 0 Å². The lowest BCUT2D eigenvalue weighted by Crippen LogP contribution is -2.55. The van der Waals surface area contributed by atoms with E-state index in [0.29, 0.717) is 12.1 Å². The molecule has 2 heterocycles. The monoisotopic (exact) mass is 510 g/mol. The van der Waals surface area contributed by atoms with Gasteiger partial charge in [0.2, 0.25) is 0 Å². The van der Waals surface area contributed by atoms with E-state index in [1.54, 1.807) is 16.3 Å². The van der Waals surface area contributed by atoms with Crippen molar-refractivity contribution in [1.82, 2.24) is 0 Å². The molecule has 0 saturated heterocycles. The van der Waals surface area contributed by atoms with Gasteiger partial charge in [-0.05, 0) is 54.4 Å². The Morgan fingerprint density at radius 2 is 1.39 bits per heavy atom. The largest absolute Gasteiger partial charge is 0.490 e. The van der Waals surface area contributed by atoms with Gasteiger partial charge in [-0.25, -0.2) is 0 Å². The number of hydrogen-bond donors (Lipinski definition) is 0. The van der Waals surface area contributed by atoms with E-state index >= 15 is 0 Å². The van der Waals surface area contributed by atoms with Gasteiger partial charge in [0.05, 0.1) is 8.07 Å². The molecule has 0 atom stereocenters. The van der Waals surface area contributed by atoms with E-state index < -0.39 is 16.1 Å². The zero-order chi connectivity index (χ0) is 24.1. The van der Waals surface area contributed by atoms with Crippen molar-refractivity contribution in [3.8, 4) is 15.5 Å². The molecule has 0 aliphatic heterocycles. The Bertz CT molecular complexity index is 1150. The molecule has 1 aliphatic rings. The third kappa shape index (κ3) is 4.05. The molecule has 0 spiro atoms. The Morgan fingerprint density at radius 3 is 1.85 bits per heavy atom. The maximum atomic E-state index is 6.61. The van der Waals surface area contributed by atoms with Crippen molar-refractivity contribution in [3.05, 3.63) is 63.4 Å². The molecule has 1 aromatic carbocycles. The number of rotatable bonds is 8. The number of hydrogen-bond acceptors (Lipinski definition) is 3. The van der Waals surface area contributed by atoms with Gasteiger partial charge in [-0.3, -0.25) is 0 Å². The highest BCUT2D eigenvalue weighted by atomic mass is 32.1. The third-order valence-electron chi connectivity index (χ3n) is 7.33. The van der Waals surface area contributed by atoms with Crippen LogP contribution >= 0.6 is 22.7 Å². The first-order chi connectivity index (χ1) is 15.6. The third-order valence-corrected chi connectivity index (χ3v) is 17.3. The molecule has 176 valence electrons. The lowest BCUT2D eigenvalue weighted by atomic mass is 10.2. The Labute approximate surface area is 210 Å². The van der Waals surface area contributed by atoms with Crippen LogP contribution in [0, 0.1) is 20.8 Å². The van der Waals surface area contributed by atoms with Gasteiger partial charge in [0.1, 0.15) is 20.4 Å². The minimum atomic E-state index is -2.02. The second-order valence-electron chi connectivity index (χ2n) is 10.6. The summed E-state index contributed by atoms with van der Waals surface area (Å²) in [5.74, 6) is 1.20. The van der Waals surface area contributed by atoms with E-state index in [9.17, 15) is 0 Å². The van der Waals surface area contributed by atoms with Gasteiger partial charge < -0.3 is 4.74 Å². The van der Waals surface area contributed by atoms with E-state index in [1.807, 2.05) is 28.7 Å². The molecule has 3 aromatic rings. The van der Waals surface area contributed by atoms with Crippen LogP contribution in [0.3, 0.4) is 0 Å². The Morgan fingerprint density at radius 1 is 0.879 bits per heavy atom. The topological polar surface area (TPSA) is 9.23 Å². The first-order valence-electron chi connectivity index (χ1n) is 12.2. The zero-order valence-corrected chi connectivity index (χ0v) is 25.2. The van der Waals surface area contributed by atoms with Crippen LogP contribution in [0.25, 0.3) is 9.75 Å². The van der Waals surface area contributed by atoms with E-state index in [4.69, 9.17) is 4.74 Å². The molecule has 0 fully saturated rings. The molecule has 1 aliphatic carbocycles. The van der Waals surface area contributed by atoms with Crippen LogP contribution in [-0.4, -0.2) is 22.8 Å². The SMILES string of the molecule is C=CCOc1c([Si](C)(C)C)cc(C)cc1[Si](CC)(CC)C1c2cc(C)sc2-c2sc(C)cc21. The number of fused-ring (bicyclic) bond motifs is 3. The summed E-state index contributed by atoms with van der Waals surface area (Å²) in [5.41, 5.74) is 5.09. The summed E-state index contributed by atoms with van der Waals surface area (Å²) < 4.78 is 6.61. The van der Waals surface area contributed by atoms with Crippen LogP contribution in [0.1, 0.15) is 45.8 Å². The predicted molar refractivity (Wildman–Crippen MR) is 155 cm³/mol. The molecule has 5 heteroatoms. The van der Waals surface area contributed by atoms with E-state index in [-0.39, 0.29) is 0 Å². The second-order valence-corrected chi connectivity index (χ2v) is 23.0. The standard InChI is InChI=1S/C28H38OS2Si2/c1-10-13-29-25-23(32(7,8)9)14-18(4)15-24(25)33(11-2,12-3)28-21-16-19(5)30-26(21)27-22(28)17-20(6)31-27/h10,14-17,28H,1,11-13H2,2-9H3. The van der Waals surface area contributed by atoms with Crippen LogP contribution in [0.15, 0.2) is 36.9 Å². The number of ether oxygens (including phenoxy) is 1. The molecule has 0 N–H and O–H groups in total. The van der Waals surface area contributed by atoms with Gasteiger partial charge in [0, 0.05) is 25.0 Å². The molecular formula is C28H38OS2Si2. The van der Waals surface area contributed by atoms with Crippen LogP contribution in [-0.2, 0) is 0 Å². The van der Waals surface area contributed by atoms with Crippen LogP contribution < -0.4 is 15.1 Å². The van der Waals surface area contributed by atoms with Crippen molar-refractivity contribution in [1.29, 1.82) is 0 Å². The summed E-state index contributed by atoms with van der Waals surface area (Å²) >= 11 is 3.99. The minimum Gasteiger partial charge on any atom is -0.490 e. The van der Waals surface area contributed by atoms with Gasteiger partial charge >= 0.3 is 0 Å². The number of thiophene rings is 2. The van der Waals surface area contributed by atoms with Crippen molar-refractivity contribution in [2.75, 3.05) is 6.61 Å². The Hall–Kier alpha value is -1.41. The molecular weight excluding hydrogens is 473 g/mol. The summed E-state index contributed by atoms with van der Waals surface area (Å²) in [5, 5.41) is 3.02. The highest BCUT2D eigenvalue weighted by molar-refractivity contribution is 7.23. The summed E-state index contributed by atoms with van der Waals surface area (Å²) in [7, 11) is -3.62. The molecule has 0 radical (unpaired) electrons. The zero-order valence-electron chi connectivity index (χ0n) is 21.5. The predicted octanol–water partition coefficient (Wildman–Crippen LogP) is 7.89. The van der Waals surface area contributed by atoms with Gasteiger partial charge in [-0.15, -0.1) is 22.7 Å². The molecule has 4 rings (SSSR count). The van der Waals surface area contributed by atoms with E-state index in [1.165, 1.54) is 48.1 Å². The van der Waals surface area contributed by atoms with Crippen molar-refractivity contribution < 1.29 is 4.74 Å². The van der Waals surface area contributed by atoms with Crippen molar-refractivity contribution >= 4 is 49.2 Å². The number of aryl methyl sites for hydroxylation is 3. The molecule has 33 heavy (non-hydrogen) atoms. The maximum Gasteiger partial charge on any atom is 0.118 e. The molecule has 0 amide bonds. The van der Waals surface area contributed by atoms with Crippen molar-refractivity contribution in [3.63, 3.8) is 0 Å². The van der Waals surface area contributed by atoms with Crippen molar-refractivity contribution in [2.24, 2.45) is 0 Å². The molecule has 0 unspecified atom stereocenters. The highest BCUT2D eigenvalue weighted by Gasteiger charge is 2.49. The fourth-order valence-electron chi connectivity index (χ4n) is 5.81. The van der Waals surface area contributed by atoms with Gasteiger partial charge in [-0.1, -0.05) is 75.9 Å². The summed E-state index contributed by atoms with van der Waals surface area (Å²) in [6.07, 6.45) is 1.90. The average Bonchev–Trinajstić information content (AvgIpc) is 3.38. The lowest BCUT2D eigenvalue weighted by molar-refractivity contribution is 0.368. The van der Waals surface area contributed by atoms with Crippen LogP contribution in [0.5, 0.6) is 5.75 Å². The minimum absolute atomic E-state index is 0.509. The van der Waals surface area contributed by atoms with Crippen molar-refractivity contribution in [2.45, 2.75) is 71.9 Å². The summed E-state index contributed by atoms with van der Waals surface area (Å²) in [6.45, 7) is 23.6. The van der Waals surface area contributed by atoms with Gasteiger partial charge in [0.25, 0.3) is 0 Å². The summed E-state index contributed by atoms with van der Waals surface area (Å²) in [6, 6.07) is 12.3. The Kier molecular flexibility index (Phi) is 6.73. The fourth-order valence-corrected chi connectivity index (χ4v) is 15.2. The molecule has 1 nitrogen and oxygen atoms in total. The fraction of sp³-hybridized carbons (Fsp3) is 0.429. The van der Waals surface area contributed by atoms with Gasteiger partial charge in [-0.2, -0.15) is 0 Å². The first-order valence-corrected chi connectivity index (χ1v) is 19.8. The molecule has 0 bridgehead atoms. The quantitative estimate of drug-likeness (QED) is 0.221.